The SMILES string of the molecule is CCCNc1ncc(Cl)c(NC2CCCC2C)n1. The molecular weight excluding hydrogens is 248 g/mol. The fourth-order valence-electron chi connectivity index (χ4n) is 2.33. The third-order valence-corrected chi connectivity index (χ3v) is 3.74. The Hall–Kier alpha value is -1.03. The van der Waals surface area contributed by atoms with Crippen LogP contribution in [0.3, 0.4) is 0 Å². The second-order valence-electron chi connectivity index (χ2n) is 4.98. The van der Waals surface area contributed by atoms with Crippen LogP contribution in [0.4, 0.5) is 11.8 Å². The number of hydrogen-bond acceptors (Lipinski definition) is 4. The van der Waals surface area contributed by atoms with E-state index < -0.39 is 0 Å². The molecule has 0 bridgehead atoms. The average Bonchev–Trinajstić information content (AvgIpc) is 2.76. The van der Waals surface area contributed by atoms with Gasteiger partial charge in [-0.25, -0.2) is 4.98 Å². The minimum absolute atomic E-state index is 0.483. The van der Waals surface area contributed by atoms with E-state index in [0.717, 1.165) is 18.8 Å². The van der Waals surface area contributed by atoms with Gasteiger partial charge in [0.25, 0.3) is 0 Å². The van der Waals surface area contributed by atoms with E-state index in [-0.39, 0.29) is 0 Å². The zero-order valence-corrected chi connectivity index (χ0v) is 11.8. The van der Waals surface area contributed by atoms with Gasteiger partial charge in [-0.3, -0.25) is 0 Å². The van der Waals surface area contributed by atoms with Crippen molar-refractivity contribution in [1.82, 2.24) is 9.97 Å². The third kappa shape index (κ3) is 3.25. The third-order valence-electron chi connectivity index (χ3n) is 3.46. The maximum absolute atomic E-state index is 6.14. The van der Waals surface area contributed by atoms with Crippen LogP contribution < -0.4 is 10.6 Å². The maximum Gasteiger partial charge on any atom is 0.224 e. The zero-order valence-electron chi connectivity index (χ0n) is 11.0. The van der Waals surface area contributed by atoms with Crippen molar-refractivity contribution in [3.63, 3.8) is 0 Å². The molecule has 100 valence electrons. The van der Waals surface area contributed by atoms with E-state index in [1.807, 2.05) is 0 Å². The number of halogens is 1. The molecule has 5 heteroatoms. The predicted molar refractivity (Wildman–Crippen MR) is 76.2 cm³/mol. The molecule has 0 saturated heterocycles. The molecule has 0 amide bonds. The molecule has 1 aliphatic rings. The van der Waals surface area contributed by atoms with Crippen molar-refractivity contribution in [2.75, 3.05) is 17.2 Å². The van der Waals surface area contributed by atoms with Crippen LogP contribution in [0.5, 0.6) is 0 Å². The van der Waals surface area contributed by atoms with E-state index in [2.05, 4.69) is 34.4 Å². The lowest BCUT2D eigenvalue weighted by molar-refractivity contribution is 0.555. The van der Waals surface area contributed by atoms with Gasteiger partial charge in [0.05, 0.1) is 6.20 Å². The summed E-state index contributed by atoms with van der Waals surface area (Å²) in [5.74, 6) is 2.08. The standard InChI is InChI=1S/C13H21ClN4/c1-3-7-15-13-16-8-10(14)12(18-13)17-11-6-4-5-9(11)2/h8-9,11H,3-7H2,1-2H3,(H2,15,16,17,18). The highest BCUT2D eigenvalue weighted by Crippen LogP contribution is 2.29. The van der Waals surface area contributed by atoms with Gasteiger partial charge in [0.15, 0.2) is 5.82 Å². The van der Waals surface area contributed by atoms with Crippen LogP contribution in [0.1, 0.15) is 39.5 Å². The summed E-state index contributed by atoms with van der Waals surface area (Å²) in [5, 5.41) is 7.22. The number of rotatable bonds is 5. The van der Waals surface area contributed by atoms with E-state index in [1.165, 1.54) is 19.3 Å². The molecule has 1 aliphatic carbocycles. The van der Waals surface area contributed by atoms with Crippen LogP contribution in [0, 0.1) is 5.92 Å². The Morgan fingerprint density at radius 1 is 1.44 bits per heavy atom. The molecule has 1 fully saturated rings. The van der Waals surface area contributed by atoms with E-state index in [4.69, 9.17) is 11.6 Å². The number of hydrogen-bond donors (Lipinski definition) is 2. The Morgan fingerprint density at radius 3 is 2.94 bits per heavy atom. The van der Waals surface area contributed by atoms with Gasteiger partial charge in [-0.2, -0.15) is 4.98 Å². The minimum atomic E-state index is 0.483. The largest absolute Gasteiger partial charge is 0.366 e. The fourth-order valence-corrected chi connectivity index (χ4v) is 2.47. The van der Waals surface area contributed by atoms with Crippen molar-refractivity contribution >= 4 is 23.4 Å². The second kappa shape index (κ2) is 6.23. The molecule has 0 spiro atoms. The number of nitrogens with one attached hydrogen (secondary N) is 2. The van der Waals surface area contributed by atoms with Gasteiger partial charge in [-0.15, -0.1) is 0 Å². The predicted octanol–water partition coefficient (Wildman–Crippen LogP) is 3.55. The summed E-state index contributed by atoms with van der Waals surface area (Å²) in [6.07, 6.45) is 6.46. The molecular formula is C13H21ClN4. The monoisotopic (exact) mass is 268 g/mol. The number of nitrogens with zero attached hydrogens (tertiary/aromatic N) is 2. The Balaban J connectivity index is 2.06. The summed E-state index contributed by atoms with van der Waals surface area (Å²) >= 11 is 6.14. The number of anilines is 2. The van der Waals surface area contributed by atoms with Gasteiger partial charge in [0.2, 0.25) is 5.95 Å². The quantitative estimate of drug-likeness (QED) is 0.857. The molecule has 2 N–H and O–H groups in total. The molecule has 1 aromatic rings. The van der Waals surface area contributed by atoms with Crippen LogP contribution >= 0.6 is 11.6 Å². The van der Waals surface area contributed by atoms with Crippen LogP contribution in [0.2, 0.25) is 5.02 Å². The summed E-state index contributed by atoms with van der Waals surface area (Å²) in [4.78, 5) is 8.62. The van der Waals surface area contributed by atoms with E-state index >= 15 is 0 Å². The molecule has 1 heterocycles. The highest BCUT2D eigenvalue weighted by atomic mass is 35.5. The summed E-state index contributed by atoms with van der Waals surface area (Å²) in [6.45, 7) is 5.26. The lowest BCUT2D eigenvalue weighted by atomic mass is 10.1. The summed E-state index contributed by atoms with van der Waals surface area (Å²) in [6, 6.07) is 0.483. The Bertz CT molecular complexity index is 397. The molecule has 0 aromatic carbocycles. The highest BCUT2D eigenvalue weighted by molar-refractivity contribution is 6.32. The van der Waals surface area contributed by atoms with E-state index in [0.29, 0.717) is 22.9 Å². The van der Waals surface area contributed by atoms with Gasteiger partial charge in [0, 0.05) is 12.6 Å². The van der Waals surface area contributed by atoms with Gasteiger partial charge in [0.1, 0.15) is 5.02 Å². The summed E-state index contributed by atoms with van der Waals surface area (Å²) in [5.41, 5.74) is 0. The Labute approximate surface area is 114 Å². The van der Waals surface area contributed by atoms with Crippen molar-refractivity contribution in [2.24, 2.45) is 5.92 Å². The topological polar surface area (TPSA) is 49.8 Å². The van der Waals surface area contributed by atoms with Gasteiger partial charge in [-0.05, 0) is 25.2 Å². The second-order valence-corrected chi connectivity index (χ2v) is 5.38. The zero-order chi connectivity index (χ0) is 13.0. The first-order valence-corrected chi connectivity index (χ1v) is 7.11. The van der Waals surface area contributed by atoms with Gasteiger partial charge < -0.3 is 10.6 Å². The molecule has 0 aliphatic heterocycles. The molecule has 0 radical (unpaired) electrons. The van der Waals surface area contributed by atoms with Crippen LogP contribution in [0.15, 0.2) is 6.20 Å². The summed E-state index contributed by atoms with van der Waals surface area (Å²) < 4.78 is 0. The first-order chi connectivity index (χ1) is 8.70. The maximum atomic E-state index is 6.14. The van der Waals surface area contributed by atoms with Gasteiger partial charge in [-0.1, -0.05) is 31.9 Å². The summed E-state index contributed by atoms with van der Waals surface area (Å²) in [7, 11) is 0. The van der Waals surface area contributed by atoms with Crippen molar-refractivity contribution in [1.29, 1.82) is 0 Å². The van der Waals surface area contributed by atoms with Gasteiger partial charge >= 0.3 is 0 Å². The molecule has 2 rings (SSSR count). The minimum Gasteiger partial charge on any atom is -0.366 e. The lowest BCUT2D eigenvalue weighted by Crippen LogP contribution is -2.23. The van der Waals surface area contributed by atoms with Crippen LogP contribution in [-0.4, -0.2) is 22.6 Å². The normalized spacial score (nSPS) is 23.1. The van der Waals surface area contributed by atoms with Crippen molar-refractivity contribution in [3.05, 3.63) is 11.2 Å². The van der Waals surface area contributed by atoms with Crippen LogP contribution in [0.25, 0.3) is 0 Å². The molecule has 2 unspecified atom stereocenters. The highest BCUT2D eigenvalue weighted by Gasteiger charge is 2.24. The Kier molecular flexibility index (Phi) is 4.64. The number of aromatic nitrogens is 2. The smallest absolute Gasteiger partial charge is 0.224 e. The molecule has 4 nitrogen and oxygen atoms in total. The molecule has 18 heavy (non-hydrogen) atoms. The Morgan fingerprint density at radius 2 is 2.28 bits per heavy atom. The lowest BCUT2D eigenvalue weighted by Gasteiger charge is -2.19. The van der Waals surface area contributed by atoms with Crippen molar-refractivity contribution in [3.8, 4) is 0 Å². The van der Waals surface area contributed by atoms with Crippen molar-refractivity contribution in [2.45, 2.75) is 45.6 Å². The molecule has 2 atom stereocenters. The first-order valence-electron chi connectivity index (χ1n) is 6.73. The van der Waals surface area contributed by atoms with E-state index in [9.17, 15) is 0 Å². The van der Waals surface area contributed by atoms with E-state index in [1.54, 1.807) is 6.20 Å². The molecule has 1 aromatic heterocycles. The average molecular weight is 269 g/mol. The van der Waals surface area contributed by atoms with Crippen LogP contribution in [-0.2, 0) is 0 Å². The molecule has 1 saturated carbocycles. The first kappa shape index (κ1) is 13.4. The van der Waals surface area contributed by atoms with Crippen molar-refractivity contribution < 1.29 is 0 Å². The fraction of sp³-hybridized carbons (Fsp3) is 0.692.